The van der Waals surface area contributed by atoms with E-state index in [1.54, 1.807) is 19.9 Å². The summed E-state index contributed by atoms with van der Waals surface area (Å²) in [6.45, 7) is 5.28. The van der Waals surface area contributed by atoms with Crippen LogP contribution in [0.1, 0.15) is 22.3 Å². The molecule has 0 heterocycles. The topological polar surface area (TPSA) is 46.2 Å². The van der Waals surface area contributed by atoms with E-state index in [2.05, 4.69) is 4.72 Å². The maximum absolute atomic E-state index is 12.7. The van der Waals surface area contributed by atoms with E-state index >= 15 is 0 Å². The summed E-state index contributed by atoms with van der Waals surface area (Å²) in [6.07, 6.45) is -4.53. The van der Waals surface area contributed by atoms with Crippen LogP contribution < -0.4 is 4.72 Å². The van der Waals surface area contributed by atoms with Gasteiger partial charge in [-0.2, -0.15) is 13.2 Å². The van der Waals surface area contributed by atoms with Gasteiger partial charge in [0.05, 0.1) is 10.5 Å². The van der Waals surface area contributed by atoms with Crippen molar-refractivity contribution < 1.29 is 21.6 Å². The van der Waals surface area contributed by atoms with Gasteiger partial charge in [0.2, 0.25) is 0 Å². The number of hydrogen-bond acceptors (Lipinski definition) is 2. The Bertz CT molecular complexity index is 843. The van der Waals surface area contributed by atoms with Gasteiger partial charge < -0.3 is 0 Å². The fourth-order valence-corrected chi connectivity index (χ4v) is 3.55. The summed E-state index contributed by atoms with van der Waals surface area (Å²) in [6, 6.07) is 7.35. The molecule has 0 fully saturated rings. The van der Waals surface area contributed by atoms with Gasteiger partial charge in [-0.3, -0.25) is 4.72 Å². The first-order valence-corrected chi connectivity index (χ1v) is 8.27. The average Bonchev–Trinajstić information content (AvgIpc) is 2.41. The van der Waals surface area contributed by atoms with E-state index in [0.29, 0.717) is 5.56 Å². The molecule has 1 N–H and O–H groups in total. The minimum atomic E-state index is -4.53. The number of aryl methyl sites for hydroxylation is 3. The van der Waals surface area contributed by atoms with Crippen LogP contribution in [0, 0.1) is 20.8 Å². The van der Waals surface area contributed by atoms with Crippen LogP contribution >= 0.6 is 0 Å². The molecule has 0 unspecified atom stereocenters. The highest BCUT2D eigenvalue weighted by molar-refractivity contribution is 7.92. The Morgan fingerprint density at radius 2 is 1.52 bits per heavy atom. The summed E-state index contributed by atoms with van der Waals surface area (Å²) < 4.78 is 65.2. The molecule has 2 aromatic rings. The smallest absolute Gasteiger partial charge is 0.280 e. The number of sulfonamides is 1. The molecule has 0 atom stereocenters. The molecule has 0 aliphatic rings. The monoisotopic (exact) mass is 343 g/mol. The van der Waals surface area contributed by atoms with Gasteiger partial charge in [-0.05, 0) is 61.7 Å². The number of benzene rings is 2. The van der Waals surface area contributed by atoms with Crippen molar-refractivity contribution in [2.45, 2.75) is 31.8 Å². The van der Waals surface area contributed by atoms with E-state index in [9.17, 15) is 21.6 Å². The molecule has 2 aromatic carbocycles. The Kier molecular flexibility index (Phi) is 4.43. The molecule has 0 saturated carbocycles. The first kappa shape index (κ1) is 17.3. The molecule has 0 saturated heterocycles. The van der Waals surface area contributed by atoms with Gasteiger partial charge in [0, 0.05) is 5.69 Å². The lowest BCUT2D eigenvalue weighted by atomic mass is 10.1. The van der Waals surface area contributed by atoms with E-state index < -0.39 is 21.8 Å². The van der Waals surface area contributed by atoms with Crippen molar-refractivity contribution in [3.8, 4) is 0 Å². The molecule has 124 valence electrons. The van der Waals surface area contributed by atoms with E-state index in [1.807, 2.05) is 6.92 Å². The molecule has 0 amide bonds. The Hall–Kier alpha value is -2.02. The first-order valence-electron chi connectivity index (χ1n) is 6.78. The van der Waals surface area contributed by atoms with Crippen LogP contribution in [0.3, 0.4) is 0 Å². The second-order valence-corrected chi connectivity index (χ2v) is 7.04. The molecule has 0 radical (unpaired) electrons. The van der Waals surface area contributed by atoms with Gasteiger partial charge in [-0.25, -0.2) is 8.42 Å². The number of alkyl halides is 3. The van der Waals surface area contributed by atoms with Gasteiger partial charge in [0.15, 0.2) is 0 Å². The van der Waals surface area contributed by atoms with Gasteiger partial charge >= 0.3 is 6.18 Å². The minimum absolute atomic E-state index is 0.0537. The Labute approximate surface area is 133 Å². The van der Waals surface area contributed by atoms with E-state index in [1.165, 1.54) is 12.1 Å². The number of hydrogen-bond donors (Lipinski definition) is 1. The lowest BCUT2D eigenvalue weighted by Gasteiger charge is -2.14. The number of rotatable bonds is 3. The van der Waals surface area contributed by atoms with E-state index in [0.717, 1.165) is 29.3 Å². The van der Waals surface area contributed by atoms with Gasteiger partial charge in [0.1, 0.15) is 0 Å². The van der Waals surface area contributed by atoms with Crippen LogP contribution in [0.5, 0.6) is 0 Å². The van der Waals surface area contributed by atoms with Crippen LogP contribution in [-0.2, 0) is 16.2 Å². The van der Waals surface area contributed by atoms with Crippen molar-refractivity contribution in [3.05, 3.63) is 58.7 Å². The van der Waals surface area contributed by atoms with Crippen LogP contribution in [0.2, 0.25) is 0 Å². The zero-order valence-electron chi connectivity index (χ0n) is 12.8. The van der Waals surface area contributed by atoms with Gasteiger partial charge in [-0.1, -0.05) is 12.1 Å². The highest BCUT2D eigenvalue weighted by Crippen LogP contribution is 2.31. The molecule has 0 aliphatic carbocycles. The molecule has 2 rings (SSSR count). The van der Waals surface area contributed by atoms with Crippen molar-refractivity contribution in [1.29, 1.82) is 0 Å². The van der Waals surface area contributed by atoms with Crippen molar-refractivity contribution in [1.82, 2.24) is 0 Å². The molecule has 23 heavy (non-hydrogen) atoms. The average molecular weight is 343 g/mol. The van der Waals surface area contributed by atoms with Crippen LogP contribution in [0.25, 0.3) is 0 Å². The van der Waals surface area contributed by atoms with Gasteiger partial charge in [-0.15, -0.1) is 0 Å². The largest absolute Gasteiger partial charge is 0.416 e. The summed E-state index contributed by atoms with van der Waals surface area (Å²) in [5, 5.41) is 0. The van der Waals surface area contributed by atoms with Crippen molar-refractivity contribution in [3.63, 3.8) is 0 Å². The zero-order valence-corrected chi connectivity index (χ0v) is 13.6. The lowest BCUT2D eigenvalue weighted by molar-refractivity contribution is -0.137. The Morgan fingerprint density at radius 3 is 2.13 bits per heavy atom. The fourth-order valence-electron chi connectivity index (χ4n) is 2.19. The predicted octanol–water partition coefficient (Wildman–Crippen LogP) is 4.43. The quantitative estimate of drug-likeness (QED) is 0.896. The van der Waals surface area contributed by atoms with Crippen molar-refractivity contribution in [2.24, 2.45) is 0 Å². The predicted molar refractivity (Wildman–Crippen MR) is 82.9 cm³/mol. The maximum Gasteiger partial charge on any atom is 0.416 e. The third-order valence-corrected chi connectivity index (χ3v) is 5.05. The highest BCUT2D eigenvalue weighted by atomic mass is 32.2. The summed E-state index contributed by atoms with van der Waals surface area (Å²) in [4.78, 5) is 0.0537. The third-order valence-electron chi connectivity index (χ3n) is 3.52. The number of nitrogens with one attached hydrogen (secondary N) is 1. The first-order chi connectivity index (χ1) is 10.5. The number of halogens is 3. The minimum Gasteiger partial charge on any atom is -0.280 e. The molecule has 0 aliphatic heterocycles. The molecule has 0 bridgehead atoms. The summed E-state index contributed by atoms with van der Waals surface area (Å²) >= 11 is 0. The second-order valence-electron chi connectivity index (χ2n) is 5.39. The summed E-state index contributed by atoms with van der Waals surface area (Å²) in [7, 11) is -3.96. The van der Waals surface area contributed by atoms with Gasteiger partial charge in [0.25, 0.3) is 10.0 Å². The van der Waals surface area contributed by atoms with Crippen molar-refractivity contribution >= 4 is 15.7 Å². The molecule has 0 spiro atoms. The van der Waals surface area contributed by atoms with E-state index in [-0.39, 0.29) is 10.6 Å². The second kappa shape index (κ2) is 5.88. The lowest BCUT2D eigenvalue weighted by Crippen LogP contribution is -2.15. The summed E-state index contributed by atoms with van der Waals surface area (Å²) in [5.74, 6) is 0. The van der Waals surface area contributed by atoms with Crippen LogP contribution in [0.15, 0.2) is 41.3 Å². The molecule has 0 aromatic heterocycles. The summed E-state index contributed by atoms with van der Waals surface area (Å²) in [5.41, 5.74) is 1.24. The molecule has 3 nitrogen and oxygen atoms in total. The molecule has 7 heteroatoms. The normalized spacial score (nSPS) is 12.3. The van der Waals surface area contributed by atoms with Crippen molar-refractivity contribution in [2.75, 3.05) is 4.72 Å². The van der Waals surface area contributed by atoms with Crippen LogP contribution in [-0.4, -0.2) is 8.42 Å². The molecular formula is C16H16F3NO2S. The fraction of sp³-hybridized carbons (Fsp3) is 0.250. The third kappa shape index (κ3) is 3.85. The molecular weight excluding hydrogens is 327 g/mol. The SMILES string of the molecule is Cc1cc(C)c(S(=O)(=O)Nc2cccc(C(F)(F)F)c2)cc1C. The Morgan fingerprint density at radius 1 is 0.913 bits per heavy atom. The maximum atomic E-state index is 12.7. The van der Waals surface area contributed by atoms with E-state index in [4.69, 9.17) is 0 Å². The highest BCUT2D eigenvalue weighted by Gasteiger charge is 2.30. The van der Waals surface area contributed by atoms with Crippen LogP contribution in [0.4, 0.5) is 18.9 Å². The number of anilines is 1. The standard InChI is InChI=1S/C16H16F3NO2S/c1-10-7-12(3)15(8-11(10)2)23(21,22)20-14-6-4-5-13(9-14)16(17,18)19/h4-9,20H,1-3H3. The zero-order chi connectivity index (χ0) is 17.4. The Balaban J connectivity index is 2.42.